The number of ether oxygens (including phenoxy) is 1. The zero-order chi connectivity index (χ0) is 14.7. The fourth-order valence-corrected chi connectivity index (χ4v) is 2.54. The number of carbonyl (C=O) groups is 1. The van der Waals surface area contributed by atoms with Gasteiger partial charge in [-0.25, -0.2) is 9.67 Å². The standard InChI is InChI=1S/C15H18N4O2/c1-15(7-4-8-21-15)14(20)17-9-12-5-2-3-6-13(12)19-11-16-10-18-19/h2-3,5-6,10-11H,4,7-9H2,1H3,(H,17,20). The number of hydrogen-bond acceptors (Lipinski definition) is 4. The largest absolute Gasteiger partial charge is 0.365 e. The van der Waals surface area contributed by atoms with Gasteiger partial charge >= 0.3 is 0 Å². The van der Waals surface area contributed by atoms with Crippen LogP contribution in [0.4, 0.5) is 0 Å². The van der Waals surface area contributed by atoms with E-state index in [0.29, 0.717) is 13.2 Å². The maximum atomic E-state index is 12.3. The summed E-state index contributed by atoms with van der Waals surface area (Å²) in [4.78, 5) is 16.2. The molecule has 110 valence electrons. The lowest BCUT2D eigenvalue weighted by Crippen LogP contribution is -2.43. The molecular weight excluding hydrogens is 268 g/mol. The van der Waals surface area contributed by atoms with E-state index < -0.39 is 5.60 Å². The van der Waals surface area contributed by atoms with Gasteiger partial charge in [-0.05, 0) is 31.4 Å². The molecule has 6 nitrogen and oxygen atoms in total. The third-order valence-electron chi connectivity index (χ3n) is 3.80. The Balaban J connectivity index is 1.73. The highest BCUT2D eigenvalue weighted by Crippen LogP contribution is 2.25. The molecule has 21 heavy (non-hydrogen) atoms. The highest BCUT2D eigenvalue weighted by molar-refractivity contribution is 5.85. The number of rotatable bonds is 4. The predicted octanol–water partition coefficient (Wildman–Crippen LogP) is 1.45. The van der Waals surface area contributed by atoms with E-state index in [9.17, 15) is 4.79 Å². The fourth-order valence-electron chi connectivity index (χ4n) is 2.54. The Kier molecular flexibility index (Phi) is 3.70. The SMILES string of the molecule is CC1(C(=O)NCc2ccccc2-n2cncn2)CCCO1. The molecule has 1 N–H and O–H groups in total. The molecule has 1 unspecified atom stereocenters. The Hall–Kier alpha value is -2.21. The number of benzene rings is 1. The summed E-state index contributed by atoms with van der Waals surface area (Å²) in [5, 5.41) is 7.09. The van der Waals surface area contributed by atoms with E-state index in [-0.39, 0.29) is 5.91 Å². The Morgan fingerprint density at radius 3 is 3.05 bits per heavy atom. The van der Waals surface area contributed by atoms with Crippen LogP contribution in [0.2, 0.25) is 0 Å². The summed E-state index contributed by atoms with van der Waals surface area (Å²) in [5.74, 6) is -0.0617. The first-order valence-electron chi connectivity index (χ1n) is 7.04. The Bertz CT molecular complexity index is 618. The van der Waals surface area contributed by atoms with Gasteiger partial charge in [0, 0.05) is 13.2 Å². The third-order valence-corrected chi connectivity index (χ3v) is 3.80. The molecule has 0 bridgehead atoms. The van der Waals surface area contributed by atoms with E-state index in [0.717, 1.165) is 24.1 Å². The highest BCUT2D eigenvalue weighted by atomic mass is 16.5. The number of para-hydroxylation sites is 1. The molecule has 1 aromatic heterocycles. The molecular formula is C15H18N4O2. The van der Waals surface area contributed by atoms with Crippen LogP contribution in [-0.4, -0.2) is 32.9 Å². The molecule has 6 heteroatoms. The van der Waals surface area contributed by atoms with Gasteiger partial charge in [0.2, 0.25) is 0 Å². The number of nitrogens with one attached hydrogen (secondary N) is 1. The summed E-state index contributed by atoms with van der Waals surface area (Å²) in [6.45, 7) is 2.94. The van der Waals surface area contributed by atoms with Crippen molar-refractivity contribution in [3.63, 3.8) is 0 Å². The lowest BCUT2D eigenvalue weighted by Gasteiger charge is -2.22. The average molecular weight is 286 g/mol. The van der Waals surface area contributed by atoms with Crippen molar-refractivity contribution in [3.8, 4) is 5.69 Å². The van der Waals surface area contributed by atoms with Gasteiger partial charge in [0.15, 0.2) is 0 Å². The summed E-state index contributed by atoms with van der Waals surface area (Å²) in [6.07, 6.45) is 4.83. The van der Waals surface area contributed by atoms with Crippen LogP contribution >= 0.6 is 0 Å². The van der Waals surface area contributed by atoms with Gasteiger partial charge in [-0.3, -0.25) is 4.79 Å². The lowest BCUT2D eigenvalue weighted by atomic mass is 10.0. The Morgan fingerprint density at radius 2 is 2.33 bits per heavy atom. The average Bonchev–Trinajstić information content (AvgIpc) is 3.17. The van der Waals surface area contributed by atoms with Crippen LogP contribution in [0.1, 0.15) is 25.3 Å². The van der Waals surface area contributed by atoms with Gasteiger partial charge in [-0.15, -0.1) is 0 Å². The number of nitrogens with zero attached hydrogens (tertiary/aromatic N) is 3. The summed E-state index contributed by atoms with van der Waals surface area (Å²) in [5.41, 5.74) is 1.20. The van der Waals surface area contributed by atoms with Gasteiger partial charge in [0.05, 0.1) is 5.69 Å². The number of aromatic nitrogens is 3. The Morgan fingerprint density at radius 1 is 1.48 bits per heavy atom. The molecule has 0 spiro atoms. The van der Waals surface area contributed by atoms with Gasteiger partial charge < -0.3 is 10.1 Å². The van der Waals surface area contributed by atoms with Gasteiger partial charge in [-0.1, -0.05) is 18.2 Å². The molecule has 0 aliphatic carbocycles. The highest BCUT2D eigenvalue weighted by Gasteiger charge is 2.37. The molecule has 3 rings (SSSR count). The fraction of sp³-hybridized carbons (Fsp3) is 0.400. The van der Waals surface area contributed by atoms with Crippen LogP contribution < -0.4 is 5.32 Å². The van der Waals surface area contributed by atoms with Crippen LogP contribution in [0.15, 0.2) is 36.9 Å². The molecule has 2 heterocycles. The van der Waals surface area contributed by atoms with Crippen molar-refractivity contribution in [3.05, 3.63) is 42.5 Å². The second kappa shape index (κ2) is 5.65. The minimum absolute atomic E-state index is 0.0617. The molecule has 1 amide bonds. The van der Waals surface area contributed by atoms with Crippen LogP contribution in [-0.2, 0) is 16.1 Å². The summed E-state index contributed by atoms with van der Waals surface area (Å²) in [7, 11) is 0. The second-order valence-corrected chi connectivity index (χ2v) is 5.33. The number of carbonyl (C=O) groups excluding carboxylic acids is 1. The topological polar surface area (TPSA) is 69.0 Å². The quantitative estimate of drug-likeness (QED) is 0.923. The molecule has 1 aliphatic heterocycles. The third kappa shape index (κ3) is 2.80. The number of amides is 1. The van der Waals surface area contributed by atoms with Crippen molar-refractivity contribution in [2.75, 3.05) is 6.61 Å². The monoisotopic (exact) mass is 286 g/mol. The first-order valence-corrected chi connectivity index (χ1v) is 7.04. The Labute approximate surface area is 123 Å². The smallest absolute Gasteiger partial charge is 0.252 e. The molecule has 1 atom stereocenters. The van der Waals surface area contributed by atoms with E-state index in [4.69, 9.17) is 4.74 Å². The van der Waals surface area contributed by atoms with Crippen LogP contribution in [0, 0.1) is 0 Å². The van der Waals surface area contributed by atoms with E-state index in [1.807, 2.05) is 31.2 Å². The molecule has 1 fully saturated rings. The van der Waals surface area contributed by atoms with Crippen LogP contribution in [0.3, 0.4) is 0 Å². The van der Waals surface area contributed by atoms with Crippen molar-refractivity contribution in [1.82, 2.24) is 20.1 Å². The summed E-state index contributed by atoms with van der Waals surface area (Å²) in [6, 6.07) is 7.79. The molecule has 0 saturated carbocycles. The van der Waals surface area contributed by atoms with E-state index in [1.54, 1.807) is 11.0 Å². The normalized spacial score (nSPS) is 21.4. The first-order chi connectivity index (χ1) is 10.2. The molecule has 2 aromatic rings. The van der Waals surface area contributed by atoms with Crippen LogP contribution in [0.25, 0.3) is 5.69 Å². The van der Waals surface area contributed by atoms with Crippen molar-refractivity contribution >= 4 is 5.91 Å². The molecule has 1 aliphatic rings. The van der Waals surface area contributed by atoms with Crippen molar-refractivity contribution in [1.29, 1.82) is 0 Å². The molecule has 1 aromatic carbocycles. The second-order valence-electron chi connectivity index (χ2n) is 5.33. The zero-order valence-corrected chi connectivity index (χ0v) is 12.0. The van der Waals surface area contributed by atoms with Gasteiger partial charge in [0.25, 0.3) is 5.91 Å². The molecule has 0 radical (unpaired) electrons. The van der Waals surface area contributed by atoms with Gasteiger partial charge in [-0.2, -0.15) is 5.10 Å². The lowest BCUT2D eigenvalue weighted by molar-refractivity contribution is -0.139. The first kappa shape index (κ1) is 13.8. The van der Waals surface area contributed by atoms with Crippen molar-refractivity contribution in [2.24, 2.45) is 0 Å². The van der Waals surface area contributed by atoms with E-state index in [2.05, 4.69) is 15.4 Å². The van der Waals surface area contributed by atoms with Gasteiger partial charge in [0.1, 0.15) is 18.3 Å². The van der Waals surface area contributed by atoms with E-state index >= 15 is 0 Å². The van der Waals surface area contributed by atoms with E-state index in [1.165, 1.54) is 6.33 Å². The summed E-state index contributed by atoms with van der Waals surface area (Å²) >= 11 is 0. The van der Waals surface area contributed by atoms with Crippen LogP contribution in [0.5, 0.6) is 0 Å². The molecule has 1 saturated heterocycles. The maximum Gasteiger partial charge on any atom is 0.252 e. The minimum Gasteiger partial charge on any atom is -0.365 e. The zero-order valence-electron chi connectivity index (χ0n) is 12.0. The maximum absolute atomic E-state index is 12.3. The van der Waals surface area contributed by atoms with Crippen molar-refractivity contribution < 1.29 is 9.53 Å². The number of hydrogen-bond donors (Lipinski definition) is 1. The summed E-state index contributed by atoms with van der Waals surface area (Å²) < 4.78 is 7.24. The minimum atomic E-state index is -0.692. The van der Waals surface area contributed by atoms with Crippen molar-refractivity contribution in [2.45, 2.75) is 31.9 Å². The predicted molar refractivity (Wildman–Crippen MR) is 76.8 cm³/mol.